The summed E-state index contributed by atoms with van der Waals surface area (Å²) >= 11 is 0. The first-order valence-electron chi connectivity index (χ1n) is 4.74. The molecule has 1 aliphatic rings. The molecule has 1 aliphatic carbocycles. The Bertz CT molecular complexity index is 241. The first-order valence-corrected chi connectivity index (χ1v) is 4.74. The van der Waals surface area contributed by atoms with Crippen molar-refractivity contribution in [2.45, 2.75) is 43.9 Å². The van der Waals surface area contributed by atoms with Crippen molar-refractivity contribution in [1.29, 1.82) is 0 Å². The first-order chi connectivity index (χ1) is 6.73. The fourth-order valence-electron chi connectivity index (χ4n) is 1.94. The molecule has 0 heterocycles. The van der Waals surface area contributed by atoms with Crippen LogP contribution in [0.5, 0.6) is 0 Å². The van der Waals surface area contributed by atoms with Gasteiger partial charge in [-0.1, -0.05) is 0 Å². The van der Waals surface area contributed by atoms with E-state index in [4.69, 9.17) is 5.11 Å². The second kappa shape index (κ2) is 4.00. The van der Waals surface area contributed by atoms with E-state index >= 15 is 0 Å². The van der Waals surface area contributed by atoms with E-state index in [0.717, 1.165) is 0 Å². The lowest BCUT2D eigenvalue weighted by Crippen LogP contribution is -2.39. The van der Waals surface area contributed by atoms with Crippen molar-refractivity contribution in [3.8, 4) is 0 Å². The minimum Gasteiger partial charge on any atom is -0.481 e. The molecule has 0 aliphatic heterocycles. The number of halogens is 3. The van der Waals surface area contributed by atoms with Gasteiger partial charge in [0, 0.05) is 0 Å². The molecule has 0 aromatic carbocycles. The van der Waals surface area contributed by atoms with Crippen LogP contribution in [0.2, 0.25) is 0 Å². The molecule has 2 N–H and O–H groups in total. The molecule has 88 valence electrons. The van der Waals surface area contributed by atoms with Crippen LogP contribution in [0.15, 0.2) is 0 Å². The highest BCUT2D eigenvalue weighted by Crippen LogP contribution is 2.42. The van der Waals surface area contributed by atoms with Gasteiger partial charge in [0.25, 0.3) is 0 Å². The van der Waals surface area contributed by atoms with Crippen molar-refractivity contribution in [1.82, 2.24) is 0 Å². The normalized spacial score (nSPS) is 32.7. The Morgan fingerprint density at radius 2 is 1.80 bits per heavy atom. The summed E-state index contributed by atoms with van der Waals surface area (Å²) in [6, 6.07) is 0. The number of carbonyl (C=O) groups is 1. The highest BCUT2D eigenvalue weighted by Gasteiger charge is 2.45. The van der Waals surface area contributed by atoms with Crippen LogP contribution in [0.4, 0.5) is 13.2 Å². The van der Waals surface area contributed by atoms with Gasteiger partial charge in [-0.2, -0.15) is 13.2 Å². The molecule has 6 heteroatoms. The molecule has 3 nitrogen and oxygen atoms in total. The molecular weight excluding hydrogens is 213 g/mol. The van der Waals surface area contributed by atoms with Gasteiger partial charge < -0.3 is 10.2 Å². The number of alkyl halides is 3. The molecule has 1 fully saturated rings. The Kier molecular flexibility index (Phi) is 3.28. The van der Waals surface area contributed by atoms with E-state index in [0.29, 0.717) is 0 Å². The predicted octanol–water partition coefficient (Wildman–Crippen LogP) is 1.94. The van der Waals surface area contributed by atoms with Crippen molar-refractivity contribution in [3.63, 3.8) is 0 Å². The van der Waals surface area contributed by atoms with Crippen LogP contribution in [0.1, 0.15) is 32.1 Å². The third-order valence-electron chi connectivity index (χ3n) is 2.86. The van der Waals surface area contributed by atoms with Gasteiger partial charge in [-0.15, -0.1) is 0 Å². The summed E-state index contributed by atoms with van der Waals surface area (Å²) in [5, 5.41) is 18.2. The maximum atomic E-state index is 12.3. The molecule has 1 saturated carbocycles. The van der Waals surface area contributed by atoms with Gasteiger partial charge in [-0.05, 0) is 25.7 Å². The van der Waals surface area contributed by atoms with Crippen LogP contribution in [0.3, 0.4) is 0 Å². The molecule has 0 spiro atoms. The van der Waals surface area contributed by atoms with Crippen molar-refractivity contribution >= 4 is 5.97 Å². The number of carboxylic acid groups (broad SMARTS) is 1. The van der Waals surface area contributed by atoms with E-state index < -0.39 is 30.1 Å². The number of carboxylic acids is 1. The van der Waals surface area contributed by atoms with Crippen molar-refractivity contribution in [2.75, 3.05) is 0 Å². The van der Waals surface area contributed by atoms with Gasteiger partial charge in [-0.3, -0.25) is 4.79 Å². The van der Waals surface area contributed by atoms with Crippen LogP contribution < -0.4 is 0 Å². The third kappa shape index (κ3) is 3.37. The van der Waals surface area contributed by atoms with E-state index in [2.05, 4.69) is 0 Å². The Labute approximate surface area is 84.9 Å². The van der Waals surface area contributed by atoms with E-state index in [1.165, 1.54) is 0 Å². The van der Waals surface area contributed by atoms with Gasteiger partial charge in [0.1, 0.15) is 0 Å². The lowest BCUT2D eigenvalue weighted by atomic mass is 9.77. The van der Waals surface area contributed by atoms with Gasteiger partial charge in [0.05, 0.1) is 17.9 Å². The van der Waals surface area contributed by atoms with Crippen LogP contribution >= 0.6 is 0 Å². The van der Waals surface area contributed by atoms with E-state index in [9.17, 15) is 23.1 Å². The zero-order chi connectivity index (χ0) is 11.7. The largest absolute Gasteiger partial charge is 0.481 e. The smallest absolute Gasteiger partial charge is 0.391 e. The second-order valence-electron chi connectivity index (χ2n) is 4.11. The fourth-order valence-corrected chi connectivity index (χ4v) is 1.94. The molecule has 0 amide bonds. The summed E-state index contributed by atoms with van der Waals surface area (Å²) in [5.74, 6) is -2.57. The minimum absolute atomic E-state index is 0.0938. The summed E-state index contributed by atoms with van der Waals surface area (Å²) in [7, 11) is 0. The van der Waals surface area contributed by atoms with Gasteiger partial charge in [0.15, 0.2) is 0 Å². The molecule has 0 aromatic rings. The second-order valence-corrected chi connectivity index (χ2v) is 4.11. The summed E-state index contributed by atoms with van der Waals surface area (Å²) in [6.07, 6.45) is -5.27. The maximum Gasteiger partial charge on any atom is 0.391 e. The van der Waals surface area contributed by atoms with Crippen molar-refractivity contribution in [3.05, 3.63) is 0 Å². The molecule has 0 saturated heterocycles. The fraction of sp³-hybridized carbons (Fsp3) is 0.889. The van der Waals surface area contributed by atoms with Gasteiger partial charge in [0.2, 0.25) is 0 Å². The first kappa shape index (κ1) is 12.3. The Balaban J connectivity index is 2.51. The lowest BCUT2D eigenvalue weighted by molar-refractivity contribution is -0.193. The molecule has 0 aromatic heterocycles. The molecule has 15 heavy (non-hydrogen) atoms. The number of aliphatic hydroxyl groups is 1. The van der Waals surface area contributed by atoms with E-state index in [-0.39, 0.29) is 25.7 Å². The van der Waals surface area contributed by atoms with Gasteiger partial charge in [-0.25, -0.2) is 0 Å². The summed E-state index contributed by atoms with van der Waals surface area (Å²) < 4.78 is 36.8. The highest BCUT2D eigenvalue weighted by atomic mass is 19.4. The molecule has 0 atom stereocenters. The van der Waals surface area contributed by atoms with Crippen LogP contribution in [-0.2, 0) is 4.79 Å². The average Bonchev–Trinajstić information content (AvgIpc) is 2.00. The molecule has 0 radical (unpaired) electrons. The lowest BCUT2D eigenvalue weighted by Gasteiger charge is -2.35. The average molecular weight is 226 g/mol. The van der Waals surface area contributed by atoms with Crippen LogP contribution in [0, 0.1) is 5.92 Å². The Morgan fingerprint density at radius 1 is 1.33 bits per heavy atom. The zero-order valence-electron chi connectivity index (χ0n) is 8.05. The van der Waals surface area contributed by atoms with Crippen molar-refractivity contribution < 1.29 is 28.2 Å². The molecule has 1 rings (SSSR count). The van der Waals surface area contributed by atoms with Crippen molar-refractivity contribution in [2.24, 2.45) is 5.92 Å². The van der Waals surface area contributed by atoms with Gasteiger partial charge >= 0.3 is 12.1 Å². The summed E-state index contributed by atoms with van der Waals surface area (Å²) in [6.45, 7) is 0. The molecular formula is C9H13F3O3. The Hall–Kier alpha value is -0.780. The number of hydrogen-bond donors (Lipinski definition) is 2. The number of aliphatic carboxylic acids is 1. The monoisotopic (exact) mass is 226 g/mol. The van der Waals surface area contributed by atoms with E-state index in [1.807, 2.05) is 0 Å². The number of hydrogen-bond acceptors (Lipinski definition) is 2. The summed E-state index contributed by atoms with van der Waals surface area (Å²) in [4.78, 5) is 10.4. The standard InChI is InChI=1S/C9H13F3O3/c10-9(11,12)6-1-3-8(15,4-2-6)5-7(13)14/h6,15H,1-5H2,(H,13,14). The minimum atomic E-state index is -4.23. The van der Waals surface area contributed by atoms with Crippen LogP contribution in [0.25, 0.3) is 0 Å². The number of rotatable bonds is 2. The van der Waals surface area contributed by atoms with Crippen LogP contribution in [-0.4, -0.2) is 28.0 Å². The SMILES string of the molecule is O=C(O)CC1(O)CCC(C(F)(F)F)CC1. The topological polar surface area (TPSA) is 57.5 Å². The highest BCUT2D eigenvalue weighted by molar-refractivity contribution is 5.68. The summed E-state index contributed by atoms with van der Waals surface area (Å²) in [5.41, 5.74) is -1.45. The molecule has 0 unspecified atom stereocenters. The van der Waals surface area contributed by atoms with E-state index in [1.54, 1.807) is 0 Å². The third-order valence-corrected chi connectivity index (χ3v) is 2.86. The quantitative estimate of drug-likeness (QED) is 0.756. The zero-order valence-corrected chi connectivity index (χ0v) is 8.05. The maximum absolute atomic E-state index is 12.3. The Morgan fingerprint density at radius 3 is 2.13 bits per heavy atom. The molecule has 0 bridgehead atoms. The predicted molar refractivity (Wildman–Crippen MR) is 45.2 cm³/mol.